The molecule has 0 fully saturated rings. The largest absolute Gasteiger partial charge is 0.389 e. The molecule has 2 heterocycles. The Balaban J connectivity index is 2.21. The van der Waals surface area contributed by atoms with Gasteiger partial charge in [0, 0.05) is 39.3 Å². The second kappa shape index (κ2) is 6.19. The van der Waals surface area contributed by atoms with Crippen molar-refractivity contribution in [2.75, 3.05) is 27.3 Å². The SMILES string of the molecule is COCC(O)CN(C)C(=O)c1cnc2c(c1)c(C)nn2C. The summed E-state index contributed by atoms with van der Waals surface area (Å²) in [5.41, 5.74) is 2.05. The fourth-order valence-electron chi connectivity index (χ4n) is 2.29. The Morgan fingerprint density at radius 3 is 2.95 bits per heavy atom. The van der Waals surface area contributed by atoms with Crippen LogP contribution < -0.4 is 0 Å². The molecule has 0 aliphatic heterocycles. The Hall–Kier alpha value is -1.99. The van der Waals surface area contributed by atoms with Crippen molar-refractivity contribution in [2.24, 2.45) is 7.05 Å². The number of fused-ring (bicyclic) bond motifs is 1. The summed E-state index contributed by atoms with van der Waals surface area (Å²) in [6.45, 7) is 2.28. The van der Waals surface area contributed by atoms with Crippen LogP contribution >= 0.6 is 0 Å². The van der Waals surface area contributed by atoms with Gasteiger partial charge in [-0.15, -0.1) is 0 Å². The van der Waals surface area contributed by atoms with E-state index in [9.17, 15) is 9.90 Å². The third-order valence-electron chi connectivity index (χ3n) is 3.30. The van der Waals surface area contributed by atoms with Crippen molar-refractivity contribution >= 4 is 16.9 Å². The molecule has 2 rings (SSSR count). The summed E-state index contributed by atoms with van der Waals surface area (Å²) in [7, 11) is 4.96. The minimum atomic E-state index is -0.708. The fourth-order valence-corrected chi connectivity index (χ4v) is 2.29. The zero-order chi connectivity index (χ0) is 15.6. The molecule has 0 aromatic carbocycles. The molecular weight excluding hydrogens is 272 g/mol. The molecule has 1 unspecified atom stereocenters. The highest BCUT2D eigenvalue weighted by atomic mass is 16.5. The summed E-state index contributed by atoms with van der Waals surface area (Å²) in [5.74, 6) is -0.192. The van der Waals surface area contributed by atoms with E-state index in [4.69, 9.17) is 4.74 Å². The predicted molar refractivity (Wildman–Crippen MR) is 78.1 cm³/mol. The monoisotopic (exact) mass is 292 g/mol. The number of hydrogen-bond acceptors (Lipinski definition) is 5. The van der Waals surface area contributed by atoms with Crippen molar-refractivity contribution in [3.63, 3.8) is 0 Å². The van der Waals surface area contributed by atoms with Crippen molar-refractivity contribution in [1.82, 2.24) is 19.7 Å². The maximum Gasteiger partial charge on any atom is 0.255 e. The maximum atomic E-state index is 12.4. The second-order valence-electron chi connectivity index (χ2n) is 5.10. The lowest BCUT2D eigenvalue weighted by atomic mass is 10.2. The molecule has 114 valence electrons. The van der Waals surface area contributed by atoms with Gasteiger partial charge < -0.3 is 14.7 Å². The van der Waals surface area contributed by atoms with E-state index in [1.165, 1.54) is 18.2 Å². The van der Waals surface area contributed by atoms with Gasteiger partial charge in [-0.05, 0) is 13.0 Å². The number of carbonyl (C=O) groups excluding carboxylic acids is 1. The van der Waals surface area contributed by atoms with E-state index in [0.29, 0.717) is 5.56 Å². The normalized spacial score (nSPS) is 12.6. The first-order valence-electron chi connectivity index (χ1n) is 6.66. The summed E-state index contributed by atoms with van der Waals surface area (Å²) in [5, 5.41) is 14.8. The van der Waals surface area contributed by atoms with Crippen LogP contribution in [0.2, 0.25) is 0 Å². The topological polar surface area (TPSA) is 80.5 Å². The van der Waals surface area contributed by atoms with Crippen molar-refractivity contribution < 1.29 is 14.6 Å². The number of aryl methyl sites for hydroxylation is 2. The van der Waals surface area contributed by atoms with Gasteiger partial charge in [-0.1, -0.05) is 0 Å². The summed E-state index contributed by atoms with van der Waals surface area (Å²) in [6, 6.07) is 1.78. The zero-order valence-electron chi connectivity index (χ0n) is 12.7. The first-order chi connectivity index (χ1) is 9.93. The predicted octanol–water partition coefficient (Wildman–Crippen LogP) is 0.356. The highest BCUT2D eigenvalue weighted by Gasteiger charge is 2.17. The summed E-state index contributed by atoms with van der Waals surface area (Å²) < 4.78 is 6.54. The van der Waals surface area contributed by atoms with Crippen LogP contribution in [0.1, 0.15) is 16.1 Å². The van der Waals surface area contributed by atoms with Crippen molar-refractivity contribution in [3.05, 3.63) is 23.5 Å². The lowest BCUT2D eigenvalue weighted by Gasteiger charge is -2.20. The van der Waals surface area contributed by atoms with E-state index in [1.54, 1.807) is 17.8 Å². The first kappa shape index (κ1) is 15.4. The van der Waals surface area contributed by atoms with Crippen molar-refractivity contribution in [1.29, 1.82) is 0 Å². The average molecular weight is 292 g/mol. The first-order valence-corrected chi connectivity index (χ1v) is 6.66. The number of pyridine rings is 1. The molecule has 2 aromatic heterocycles. The van der Waals surface area contributed by atoms with E-state index in [0.717, 1.165) is 16.7 Å². The zero-order valence-corrected chi connectivity index (χ0v) is 12.7. The van der Waals surface area contributed by atoms with E-state index >= 15 is 0 Å². The van der Waals surface area contributed by atoms with Crippen LogP contribution in [-0.2, 0) is 11.8 Å². The lowest BCUT2D eigenvalue weighted by Crippen LogP contribution is -2.36. The number of hydrogen-bond donors (Lipinski definition) is 1. The van der Waals surface area contributed by atoms with Gasteiger partial charge >= 0.3 is 0 Å². The Morgan fingerprint density at radius 2 is 2.29 bits per heavy atom. The van der Waals surface area contributed by atoms with Crippen LogP contribution in [0.15, 0.2) is 12.3 Å². The van der Waals surface area contributed by atoms with Crippen LogP contribution in [0.25, 0.3) is 11.0 Å². The number of methoxy groups -OCH3 is 1. The van der Waals surface area contributed by atoms with Crippen molar-refractivity contribution in [3.8, 4) is 0 Å². The number of aliphatic hydroxyl groups excluding tert-OH is 1. The molecule has 0 saturated heterocycles. The van der Waals surface area contributed by atoms with Gasteiger partial charge in [0.15, 0.2) is 5.65 Å². The maximum absolute atomic E-state index is 12.4. The molecule has 1 atom stereocenters. The number of amides is 1. The van der Waals surface area contributed by atoms with Crippen LogP contribution in [-0.4, -0.2) is 64.1 Å². The van der Waals surface area contributed by atoms with E-state index in [-0.39, 0.29) is 19.1 Å². The van der Waals surface area contributed by atoms with Gasteiger partial charge in [0.25, 0.3) is 5.91 Å². The van der Waals surface area contributed by atoms with E-state index in [2.05, 4.69) is 10.1 Å². The van der Waals surface area contributed by atoms with Crippen molar-refractivity contribution in [2.45, 2.75) is 13.0 Å². The number of ether oxygens (including phenoxy) is 1. The molecule has 1 amide bonds. The van der Waals surface area contributed by atoms with Gasteiger partial charge in [-0.25, -0.2) is 4.98 Å². The highest BCUT2D eigenvalue weighted by molar-refractivity contribution is 5.97. The Kier molecular flexibility index (Phi) is 4.54. The Bertz CT molecular complexity index is 653. The third-order valence-corrected chi connectivity index (χ3v) is 3.30. The van der Waals surface area contributed by atoms with Crippen LogP contribution in [0, 0.1) is 6.92 Å². The molecule has 0 aliphatic rings. The Morgan fingerprint density at radius 1 is 1.57 bits per heavy atom. The van der Waals surface area contributed by atoms with E-state index < -0.39 is 6.10 Å². The standard InChI is InChI=1S/C14H20N4O3/c1-9-12-5-10(6-15-13(12)18(3)16-9)14(20)17(2)7-11(19)8-21-4/h5-6,11,19H,7-8H2,1-4H3. The number of aliphatic hydroxyl groups is 1. The van der Waals surface area contributed by atoms with E-state index in [1.807, 2.05) is 14.0 Å². The quantitative estimate of drug-likeness (QED) is 0.860. The molecule has 7 heteroatoms. The van der Waals surface area contributed by atoms with Crippen LogP contribution in [0.3, 0.4) is 0 Å². The van der Waals surface area contributed by atoms with Gasteiger partial charge in [-0.2, -0.15) is 5.10 Å². The van der Waals surface area contributed by atoms with Crippen LogP contribution in [0.5, 0.6) is 0 Å². The summed E-state index contributed by atoms with van der Waals surface area (Å²) in [6.07, 6.45) is 0.825. The molecule has 2 aromatic rings. The lowest BCUT2D eigenvalue weighted by molar-refractivity contribution is 0.0380. The molecular formula is C14H20N4O3. The number of aromatic nitrogens is 3. The molecule has 0 spiro atoms. The average Bonchev–Trinajstić information content (AvgIpc) is 2.73. The fraction of sp³-hybridized carbons (Fsp3) is 0.500. The second-order valence-corrected chi connectivity index (χ2v) is 5.10. The smallest absolute Gasteiger partial charge is 0.255 e. The Labute approximate surface area is 123 Å². The van der Waals surface area contributed by atoms with Gasteiger partial charge in [0.2, 0.25) is 0 Å². The molecule has 21 heavy (non-hydrogen) atoms. The summed E-state index contributed by atoms with van der Waals surface area (Å²) >= 11 is 0. The minimum Gasteiger partial charge on any atom is -0.389 e. The van der Waals surface area contributed by atoms with Crippen LogP contribution in [0.4, 0.5) is 0 Å². The number of carbonyl (C=O) groups is 1. The molecule has 0 bridgehead atoms. The highest BCUT2D eigenvalue weighted by Crippen LogP contribution is 2.17. The van der Waals surface area contributed by atoms with Gasteiger partial charge in [0.05, 0.1) is 24.0 Å². The van der Waals surface area contributed by atoms with Gasteiger partial charge in [0.1, 0.15) is 0 Å². The number of nitrogens with zero attached hydrogens (tertiary/aromatic N) is 4. The third kappa shape index (κ3) is 3.20. The molecule has 1 N–H and O–H groups in total. The summed E-state index contributed by atoms with van der Waals surface area (Å²) in [4.78, 5) is 18.1. The van der Waals surface area contributed by atoms with Gasteiger partial charge in [-0.3, -0.25) is 9.48 Å². The number of likely N-dealkylation sites (N-methyl/N-ethyl adjacent to an activating group) is 1. The minimum absolute atomic E-state index is 0.191. The molecule has 7 nitrogen and oxygen atoms in total. The molecule has 0 aliphatic carbocycles. The number of rotatable bonds is 5. The molecule has 0 radical (unpaired) electrons. The molecule has 0 saturated carbocycles.